The van der Waals surface area contributed by atoms with Crippen LogP contribution in [0, 0.1) is 0 Å². The molecule has 4 nitrogen and oxygen atoms in total. The van der Waals surface area contributed by atoms with Crippen LogP contribution in [0.4, 0.5) is 0 Å². The van der Waals surface area contributed by atoms with Gasteiger partial charge in [0.25, 0.3) is 5.56 Å². The summed E-state index contributed by atoms with van der Waals surface area (Å²) in [7, 11) is 0. The molecule has 0 amide bonds. The van der Waals surface area contributed by atoms with Gasteiger partial charge >= 0.3 is 0 Å². The lowest BCUT2D eigenvalue weighted by atomic mass is 10.1. The van der Waals surface area contributed by atoms with Gasteiger partial charge in [0.1, 0.15) is 5.82 Å². The van der Waals surface area contributed by atoms with E-state index in [1.54, 1.807) is 6.07 Å². The molecule has 0 spiro atoms. The van der Waals surface area contributed by atoms with Crippen LogP contribution in [0.1, 0.15) is 38.2 Å². The first-order valence-electron chi connectivity index (χ1n) is 5.50. The Labute approximate surface area is 89.9 Å². The van der Waals surface area contributed by atoms with Gasteiger partial charge in [-0.25, -0.2) is 4.98 Å². The number of hydrogen-bond acceptors (Lipinski definition) is 3. The molecule has 1 unspecified atom stereocenters. The molecule has 0 aliphatic rings. The van der Waals surface area contributed by atoms with E-state index in [2.05, 4.69) is 16.9 Å². The third-order valence-electron chi connectivity index (χ3n) is 2.33. The van der Waals surface area contributed by atoms with Crippen molar-refractivity contribution >= 4 is 0 Å². The molecule has 1 rings (SSSR count). The van der Waals surface area contributed by atoms with Gasteiger partial charge in [0.05, 0.1) is 0 Å². The van der Waals surface area contributed by atoms with E-state index in [-0.39, 0.29) is 11.6 Å². The Balaban J connectivity index is 2.83. The van der Waals surface area contributed by atoms with Crippen LogP contribution in [0.15, 0.2) is 10.9 Å². The smallest absolute Gasteiger partial charge is 0.251 e. The van der Waals surface area contributed by atoms with E-state index in [4.69, 9.17) is 5.73 Å². The molecule has 0 saturated heterocycles. The molecule has 1 aromatic rings. The average Bonchev–Trinajstić information content (AvgIpc) is 2.17. The molecule has 0 aliphatic heterocycles. The largest absolute Gasteiger partial charge is 0.327 e. The fourth-order valence-electron chi connectivity index (χ4n) is 1.44. The fourth-order valence-corrected chi connectivity index (χ4v) is 1.44. The van der Waals surface area contributed by atoms with Gasteiger partial charge in [0, 0.05) is 24.2 Å². The molecule has 1 heterocycles. The number of aromatic amines is 1. The normalized spacial score (nSPS) is 12.7. The first kappa shape index (κ1) is 11.9. The lowest BCUT2D eigenvalue weighted by Crippen LogP contribution is -2.25. The van der Waals surface area contributed by atoms with Crippen molar-refractivity contribution in [1.82, 2.24) is 9.97 Å². The van der Waals surface area contributed by atoms with Gasteiger partial charge in [-0.3, -0.25) is 4.79 Å². The van der Waals surface area contributed by atoms with Crippen molar-refractivity contribution in [2.45, 2.75) is 45.6 Å². The van der Waals surface area contributed by atoms with Gasteiger partial charge < -0.3 is 10.7 Å². The Hall–Kier alpha value is -1.16. The zero-order valence-corrected chi connectivity index (χ0v) is 9.42. The predicted octanol–water partition coefficient (Wildman–Crippen LogP) is 1.00. The molecule has 3 N–H and O–H groups in total. The van der Waals surface area contributed by atoms with E-state index in [1.165, 1.54) is 0 Å². The van der Waals surface area contributed by atoms with Gasteiger partial charge in [0.2, 0.25) is 0 Å². The second kappa shape index (κ2) is 5.66. The predicted molar refractivity (Wildman–Crippen MR) is 60.8 cm³/mol. The first-order chi connectivity index (χ1) is 7.15. The SMILES string of the molecule is CCCc1cc(=O)[nH]c(CC(N)CC)n1. The van der Waals surface area contributed by atoms with E-state index in [1.807, 2.05) is 6.92 Å². The van der Waals surface area contributed by atoms with Crippen LogP contribution in [0.5, 0.6) is 0 Å². The molecule has 0 fully saturated rings. The van der Waals surface area contributed by atoms with Crippen LogP contribution >= 0.6 is 0 Å². The van der Waals surface area contributed by atoms with Crippen LogP contribution in [0.2, 0.25) is 0 Å². The lowest BCUT2D eigenvalue weighted by molar-refractivity contribution is 0.619. The standard InChI is InChI=1S/C11H19N3O/c1-3-5-9-7-11(15)14-10(13-9)6-8(12)4-2/h7-8H,3-6,12H2,1-2H3,(H,13,14,15). The maximum Gasteiger partial charge on any atom is 0.251 e. The summed E-state index contributed by atoms with van der Waals surface area (Å²) in [6.07, 6.45) is 3.37. The van der Waals surface area contributed by atoms with E-state index in [0.717, 1.165) is 25.0 Å². The molecular formula is C11H19N3O. The maximum atomic E-state index is 11.3. The highest BCUT2D eigenvalue weighted by molar-refractivity contribution is 5.03. The molecule has 0 radical (unpaired) electrons. The number of nitrogens with one attached hydrogen (secondary N) is 1. The Morgan fingerprint density at radius 3 is 2.87 bits per heavy atom. The highest BCUT2D eigenvalue weighted by Gasteiger charge is 2.05. The van der Waals surface area contributed by atoms with Gasteiger partial charge in [-0.2, -0.15) is 0 Å². The monoisotopic (exact) mass is 209 g/mol. The Morgan fingerprint density at radius 1 is 1.53 bits per heavy atom. The fraction of sp³-hybridized carbons (Fsp3) is 0.636. The van der Waals surface area contributed by atoms with Crippen LogP contribution in [0.3, 0.4) is 0 Å². The number of aryl methyl sites for hydroxylation is 1. The van der Waals surface area contributed by atoms with Gasteiger partial charge in [-0.05, 0) is 12.8 Å². The topological polar surface area (TPSA) is 71.8 Å². The summed E-state index contributed by atoms with van der Waals surface area (Å²) < 4.78 is 0. The lowest BCUT2D eigenvalue weighted by Gasteiger charge is -2.08. The van der Waals surface area contributed by atoms with Crippen molar-refractivity contribution in [3.63, 3.8) is 0 Å². The summed E-state index contributed by atoms with van der Waals surface area (Å²) >= 11 is 0. The second-order valence-electron chi connectivity index (χ2n) is 3.81. The van der Waals surface area contributed by atoms with Gasteiger partial charge in [-0.15, -0.1) is 0 Å². The number of rotatable bonds is 5. The van der Waals surface area contributed by atoms with E-state index in [0.29, 0.717) is 12.2 Å². The van der Waals surface area contributed by atoms with Crippen molar-refractivity contribution < 1.29 is 0 Å². The molecular weight excluding hydrogens is 190 g/mol. The molecule has 84 valence electrons. The molecule has 0 saturated carbocycles. The van der Waals surface area contributed by atoms with Crippen LogP contribution in [-0.2, 0) is 12.8 Å². The highest BCUT2D eigenvalue weighted by atomic mass is 16.1. The van der Waals surface area contributed by atoms with Crippen LogP contribution in [0.25, 0.3) is 0 Å². The van der Waals surface area contributed by atoms with Crippen molar-refractivity contribution in [3.05, 3.63) is 27.9 Å². The van der Waals surface area contributed by atoms with E-state index >= 15 is 0 Å². The minimum atomic E-state index is -0.0771. The maximum absolute atomic E-state index is 11.3. The number of H-pyrrole nitrogens is 1. The quantitative estimate of drug-likeness (QED) is 0.760. The summed E-state index contributed by atoms with van der Waals surface area (Å²) in [6.45, 7) is 4.10. The summed E-state index contributed by atoms with van der Waals surface area (Å²) in [6, 6.07) is 1.63. The summed E-state index contributed by atoms with van der Waals surface area (Å²) in [4.78, 5) is 18.4. The van der Waals surface area contributed by atoms with Crippen molar-refractivity contribution in [2.75, 3.05) is 0 Å². The van der Waals surface area contributed by atoms with Crippen molar-refractivity contribution in [2.24, 2.45) is 5.73 Å². The Morgan fingerprint density at radius 2 is 2.27 bits per heavy atom. The third kappa shape index (κ3) is 3.83. The van der Waals surface area contributed by atoms with Crippen molar-refractivity contribution in [1.29, 1.82) is 0 Å². The third-order valence-corrected chi connectivity index (χ3v) is 2.33. The number of aromatic nitrogens is 2. The van der Waals surface area contributed by atoms with Crippen molar-refractivity contribution in [3.8, 4) is 0 Å². The Bertz CT molecular complexity index is 359. The molecule has 0 aliphatic carbocycles. The minimum absolute atomic E-state index is 0.0741. The highest BCUT2D eigenvalue weighted by Crippen LogP contribution is 2.00. The summed E-state index contributed by atoms with van der Waals surface area (Å²) in [5.74, 6) is 0.709. The molecule has 1 aromatic heterocycles. The molecule has 0 bridgehead atoms. The first-order valence-corrected chi connectivity index (χ1v) is 5.50. The van der Waals surface area contributed by atoms with Gasteiger partial charge in [-0.1, -0.05) is 20.3 Å². The number of nitrogens with two attached hydrogens (primary N) is 1. The summed E-state index contributed by atoms with van der Waals surface area (Å²) in [5, 5.41) is 0. The summed E-state index contributed by atoms with van der Waals surface area (Å²) in [5.41, 5.74) is 6.60. The number of hydrogen-bond donors (Lipinski definition) is 2. The van der Waals surface area contributed by atoms with Crippen LogP contribution in [-0.4, -0.2) is 16.0 Å². The average molecular weight is 209 g/mol. The molecule has 1 atom stereocenters. The zero-order valence-electron chi connectivity index (χ0n) is 9.42. The molecule has 4 heteroatoms. The minimum Gasteiger partial charge on any atom is -0.327 e. The molecule has 0 aromatic carbocycles. The van der Waals surface area contributed by atoms with E-state index < -0.39 is 0 Å². The zero-order chi connectivity index (χ0) is 11.3. The van der Waals surface area contributed by atoms with Crippen LogP contribution < -0.4 is 11.3 Å². The Kier molecular flexibility index (Phi) is 4.49. The molecule has 15 heavy (non-hydrogen) atoms. The van der Waals surface area contributed by atoms with E-state index in [9.17, 15) is 4.79 Å². The van der Waals surface area contributed by atoms with Gasteiger partial charge in [0.15, 0.2) is 0 Å². The number of nitrogens with zero attached hydrogens (tertiary/aromatic N) is 1. The second-order valence-corrected chi connectivity index (χ2v) is 3.81.